The topological polar surface area (TPSA) is 84.3 Å². The van der Waals surface area contributed by atoms with Gasteiger partial charge >= 0.3 is 5.92 Å². The Morgan fingerprint density at radius 2 is 2.09 bits per heavy atom. The highest BCUT2D eigenvalue weighted by Gasteiger charge is 2.51. The molecule has 2 aliphatic rings. The number of nitrogens with one attached hydrogen (secondary N) is 2. The van der Waals surface area contributed by atoms with Gasteiger partial charge in [-0.25, -0.2) is 13.8 Å². The SMILES string of the molecule is CN(C)c1ncc(Cl)c(Nc2ccc3c(c2)c2c(c(=O)n3C)OCC(F)(F)C(C3CC3)N2)n1. The number of aromatic nitrogens is 3. The van der Waals surface area contributed by atoms with Crippen LogP contribution in [0.4, 0.5) is 31.9 Å². The summed E-state index contributed by atoms with van der Waals surface area (Å²) >= 11 is 6.28. The van der Waals surface area contributed by atoms with E-state index in [0.717, 1.165) is 12.8 Å². The van der Waals surface area contributed by atoms with E-state index in [9.17, 15) is 13.6 Å². The molecule has 0 amide bonds. The van der Waals surface area contributed by atoms with Crippen LogP contribution >= 0.6 is 11.6 Å². The zero-order valence-corrected chi connectivity index (χ0v) is 19.1. The second-order valence-corrected chi connectivity index (χ2v) is 9.10. The summed E-state index contributed by atoms with van der Waals surface area (Å²) in [7, 11) is 5.22. The standard InChI is InChI=1S/C22H23ClF2N6O2/c1-30(2)21-26-9-14(23)19(29-21)27-12-6-7-15-13(8-12)16-17(20(32)31(15)3)33-10-22(24,25)18(28-16)11-4-5-11/h6-9,11,18,28H,4-5,10H2,1-3H3,(H,26,27,29). The first-order valence-corrected chi connectivity index (χ1v) is 10.9. The minimum atomic E-state index is -3.09. The van der Waals surface area contributed by atoms with Crippen LogP contribution in [0, 0.1) is 5.92 Å². The minimum Gasteiger partial charge on any atom is -0.480 e. The molecule has 1 aliphatic heterocycles. The van der Waals surface area contributed by atoms with E-state index in [2.05, 4.69) is 20.6 Å². The normalized spacial score (nSPS) is 19.3. The molecule has 0 bridgehead atoms. The number of fused-ring (bicyclic) bond motifs is 3. The molecule has 2 N–H and O–H groups in total. The molecule has 1 unspecified atom stereocenters. The third-order valence-electron chi connectivity index (χ3n) is 6.00. The lowest BCUT2D eigenvalue weighted by molar-refractivity contribution is -0.0579. The number of ether oxygens (including phenoxy) is 1. The molecular weight excluding hydrogens is 454 g/mol. The Kier molecular flexibility index (Phi) is 5.08. The maximum Gasteiger partial charge on any atom is 0.301 e. The predicted molar refractivity (Wildman–Crippen MR) is 124 cm³/mol. The van der Waals surface area contributed by atoms with E-state index in [1.807, 2.05) is 14.1 Å². The van der Waals surface area contributed by atoms with Crippen LogP contribution in [0.15, 0.2) is 29.2 Å². The Hall–Kier alpha value is -3.14. The van der Waals surface area contributed by atoms with Crippen LogP contribution in [0.25, 0.3) is 10.9 Å². The molecule has 3 heterocycles. The number of hydrogen-bond donors (Lipinski definition) is 2. The highest BCUT2D eigenvalue weighted by atomic mass is 35.5. The van der Waals surface area contributed by atoms with Crippen molar-refractivity contribution >= 4 is 45.6 Å². The molecule has 11 heteroatoms. The summed E-state index contributed by atoms with van der Waals surface area (Å²) in [5, 5.41) is 7.05. The van der Waals surface area contributed by atoms with Crippen LogP contribution in [0.3, 0.4) is 0 Å². The van der Waals surface area contributed by atoms with Crippen molar-refractivity contribution in [3.63, 3.8) is 0 Å². The highest BCUT2D eigenvalue weighted by molar-refractivity contribution is 6.32. The van der Waals surface area contributed by atoms with Gasteiger partial charge < -0.3 is 24.8 Å². The Morgan fingerprint density at radius 3 is 2.79 bits per heavy atom. The molecule has 174 valence electrons. The molecule has 1 atom stereocenters. The zero-order valence-electron chi connectivity index (χ0n) is 18.3. The molecule has 1 aromatic carbocycles. The number of anilines is 4. The number of alkyl halides is 2. The van der Waals surface area contributed by atoms with E-state index in [-0.39, 0.29) is 17.4 Å². The van der Waals surface area contributed by atoms with E-state index < -0.39 is 24.1 Å². The van der Waals surface area contributed by atoms with E-state index in [4.69, 9.17) is 16.3 Å². The summed E-state index contributed by atoms with van der Waals surface area (Å²) < 4.78 is 36.4. The van der Waals surface area contributed by atoms with Gasteiger partial charge in [0.1, 0.15) is 5.02 Å². The van der Waals surface area contributed by atoms with Gasteiger partial charge in [0, 0.05) is 32.2 Å². The average molecular weight is 477 g/mol. The molecule has 5 rings (SSSR count). The van der Waals surface area contributed by atoms with Gasteiger partial charge in [-0.3, -0.25) is 4.79 Å². The van der Waals surface area contributed by atoms with Gasteiger partial charge in [-0.2, -0.15) is 4.98 Å². The summed E-state index contributed by atoms with van der Waals surface area (Å²) in [6, 6.07) is 4.19. The monoisotopic (exact) mass is 476 g/mol. The maximum absolute atomic E-state index is 14.8. The van der Waals surface area contributed by atoms with Gasteiger partial charge in [0.15, 0.2) is 12.4 Å². The van der Waals surface area contributed by atoms with Crippen molar-refractivity contribution in [1.82, 2.24) is 14.5 Å². The van der Waals surface area contributed by atoms with Gasteiger partial charge in [0.25, 0.3) is 5.56 Å². The third kappa shape index (κ3) is 3.82. The van der Waals surface area contributed by atoms with Crippen molar-refractivity contribution in [2.24, 2.45) is 13.0 Å². The number of hydrogen-bond acceptors (Lipinski definition) is 7. The van der Waals surface area contributed by atoms with Crippen LogP contribution in [0.5, 0.6) is 5.75 Å². The van der Waals surface area contributed by atoms with Crippen LogP contribution in [-0.2, 0) is 7.05 Å². The molecule has 0 radical (unpaired) electrons. The van der Waals surface area contributed by atoms with Gasteiger partial charge in [-0.1, -0.05) is 11.6 Å². The number of aryl methyl sites for hydroxylation is 1. The van der Waals surface area contributed by atoms with Crippen molar-refractivity contribution in [2.45, 2.75) is 24.8 Å². The lowest BCUT2D eigenvalue weighted by Gasteiger charge is -2.25. The molecule has 1 fully saturated rings. The van der Waals surface area contributed by atoms with E-state index >= 15 is 0 Å². The Labute approximate surface area is 193 Å². The average Bonchev–Trinajstić information content (AvgIpc) is 3.61. The van der Waals surface area contributed by atoms with Gasteiger partial charge in [-0.05, 0) is 37.0 Å². The Bertz CT molecular complexity index is 1310. The first kappa shape index (κ1) is 21.7. The quantitative estimate of drug-likeness (QED) is 0.588. The lowest BCUT2D eigenvalue weighted by Crippen LogP contribution is -2.44. The van der Waals surface area contributed by atoms with Gasteiger partial charge in [0.2, 0.25) is 11.7 Å². The van der Waals surface area contributed by atoms with Gasteiger partial charge in [-0.15, -0.1) is 0 Å². The van der Waals surface area contributed by atoms with Gasteiger partial charge in [0.05, 0.1) is 23.4 Å². The second-order valence-electron chi connectivity index (χ2n) is 8.70. The van der Waals surface area contributed by atoms with Crippen LogP contribution in [0.1, 0.15) is 12.8 Å². The fourth-order valence-corrected chi connectivity index (χ4v) is 4.22. The predicted octanol–water partition coefficient (Wildman–Crippen LogP) is 4.01. The second kappa shape index (κ2) is 7.72. The van der Waals surface area contributed by atoms with E-state index in [1.54, 1.807) is 30.1 Å². The molecule has 1 saturated carbocycles. The number of pyridine rings is 1. The lowest BCUT2D eigenvalue weighted by atomic mass is 10.0. The largest absolute Gasteiger partial charge is 0.480 e. The molecule has 8 nitrogen and oxygen atoms in total. The van der Waals surface area contributed by atoms with Crippen LogP contribution < -0.4 is 25.8 Å². The molecule has 0 spiro atoms. The Balaban J connectivity index is 1.62. The molecule has 33 heavy (non-hydrogen) atoms. The van der Waals surface area contributed by atoms with E-state index in [1.165, 1.54) is 10.8 Å². The van der Waals surface area contributed by atoms with Crippen LogP contribution in [0.2, 0.25) is 5.02 Å². The van der Waals surface area contributed by atoms with Crippen molar-refractivity contribution in [3.05, 3.63) is 39.8 Å². The van der Waals surface area contributed by atoms with Crippen molar-refractivity contribution in [2.75, 3.05) is 36.2 Å². The number of halogens is 3. The fraction of sp³-hybridized carbons (Fsp3) is 0.409. The first-order chi connectivity index (χ1) is 15.7. The zero-order chi connectivity index (χ0) is 23.5. The van der Waals surface area contributed by atoms with E-state index in [0.29, 0.717) is 33.4 Å². The number of benzene rings is 1. The molecule has 2 aromatic heterocycles. The highest BCUT2D eigenvalue weighted by Crippen LogP contribution is 2.45. The van der Waals surface area contributed by atoms with Crippen molar-refractivity contribution in [1.29, 1.82) is 0 Å². The maximum atomic E-state index is 14.8. The molecular formula is C22H23ClF2N6O2. The smallest absolute Gasteiger partial charge is 0.301 e. The van der Waals surface area contributed by atoms with Crippen LogP contribution in [-0.4, -0.2) is 47.2 Å². The molecule has 1 aliphatic carbocycles. The fourth-order valence-electron chi connectivity index (χ4n) is 4.08. The third-order valence-corrected chi connectivity index (χ3v) is 6.28. The summed E-state index contributed by atoms with van der Waals surface area (Å²) in [4.78, 5) is 23.2. The summed E-state index contributed by atoms with van der Waals surface area (Å²) in [6.45, 7) is -0.837. The number of nitrogens with zero attached hydrogens (tertiary/aromatic N) is 4. The summed E-state index contributed by atoms with van der Waals surface area (Å²) in [6.07, 6.45) is 2.94. The first-order valence-electron chi connectivity index (χ1n) is 10.6. The molecule has 0 saturated heterocycles. The Morgan fingerprint density at radius 1 is 1.33 bits per heavy atom. The summed E-state index contributed by atoms with van der Waals surface area (Å²) in [5.74, 6) is -2.47. The number of rotatable bonds is 4. The molecule has 3 aromatic rings. The van der Waals surface area contributed by atoms with Crippen molar-refractivity contribution in [3.8, 4) is 5.75 Å². The van der Waals surface area contributed by atoms with Crippen molar-refractivity contribution < 1.29 is 13.5 Å². The summed E-state index contributed by atoms with van der Waals surface area (Å²) in [5.41, 5.74) is 1.03. The minimum absolute atomic E-state index is 0.0973.